The highest BCUT2D eigenvalue weighted by Crippen LogP contribution is 2.70. The van der Waals surface area contributed by atoms with Gasteiger partial charge in [0.25, 0.3) is 0 Å². The van der Waals surface area contributed by atoms with E-state index in [-0.39, 0.29) is 32.9 Å². The molecular formula is C10H12Cl6. The van der Waals surface area contributed by atoms with E-state index in [1.807, 2.05) is 0 Å². The minimum Gasteiger partial charge on any atom is -0.126 e. The number of fused-ring (bicyclic) bond motifs is 2. The first kappa shape index (κ1) is 14.2. The van der Waals surface area contributed by atoms with Crippen LogP contribution in [0.15, 0.2) is 0 Å². The summed E-state index contributed by atoms with van der Waals surface area (Å²) in [5, 5.41) is -0.438. The van der Waals surface area contributed by atoms with Gasteiger partial charge in [0.15, 0.2) is 0 Å². The molecule has 0 amide bonds. The Bertz CT molecular complexity index is 273. The third kappa shape index (κ3) is 1.44. The van der Waals surface area contributed by atoms with Crippen LogP contribution in [0.1, 0.15) is 6.42 Å². The summed E-state index contributed by atoms with van der Waals surface area (Å²) in [7, 11) is 0. The van der Waals surface area contributed by atoms with Crippen LogP contribution in [0.2, 0.25) is 0 Å². The van der Waals surface area contributed by atoms with Gasteiger partial charge in [0.2, 0.25) is 0 Å². The number of hydrogen-bond acceptors (Lipinski definition) is 0. The second-order valence-corrected chi connectivity index (χ2v) is 7.14. The van der Waals surface area contributed by atoms with Gasteiger partial charge in [-0.1, -0.05) is 0 Å². The first-order valence-electron chi connectivity index (χ1n) is 5.11. The fourth-order valence-corrected chi connectivity index (χ4v) is 7.22. The van der Waals surface area contributed by atoms with Crippen LogP contribution in [0.3, 0.4) is 0 Å². The summed E-state index contributed by atoms with van der Waals surface area (Å²) in [4.78, 5) is 0. The Morgan fingerprint density at radius 1 is 0.938 bits per heavy atom. The van der Waals surface area contributed by atoms with Gasteiger partial charge in [-0.25, -0.2) is 0 Å². The zero-order chi connectivity index (χ0) is 12.1. The molecule has 2 saturated carbocycles. The molecule has 2 fully saturated rings. The number of alkyl halides is 6. The number of halogens is 6. The van der Waals surface area contributed by atoms with E-state index in [0.29, 0.717) is 17.6 Å². The van der Waals surface area contributed by atoms with Crippen LogP contribution < -0.4 is 0 Å². The van der Waals surface area contributed by atoms with Crippen molar-refractivity contribution >= 4 is 69.6 Å². The Labute approximate surface area is 126 Å². The van der Waals surface area contributed by atoms with E-state index in [1.54, 1.807) is 0 Å². The van der Waals surface area contributed by atoms with E-state index in [2.05, 4.69) is 0 Å². The molecule has 5 atom stereocenters. The lowest BCUT2D eigenvalue weighted by Crippen LogP contribution is -2.45. The molecule has 16 heavy (non-hydrogen) atoms. The van der Waals surface area contributed by atoms with Crippen LogP contribution in [-0.4, -0.2) is 33.8 Å². The first-order valence-corrected chi connectivity index (χ1v) is 8.02. The quantitative estimate of drug-likeness (QED) is 0.660. The van der Waals surface area contributed by atoms with Crippen molar-refractivity contribution in [3.63, 3.8) is 0 Å². The molecular weight excluding hydrogens is 333 g/mol. The van der Waals surface area contributed by atoms with Crippen molar-refractivity contribution < 1.29 is 0 Å². The minimum absolute atomic E-state index is 0.0336. The molecule has 0 nitrogen and oxygen atoms in total. The van der Waals surface area contributed by atoms with Gasteiger partial charge in [0.05, 0.1) is 10.8 Å². The van der Waals surface area contributed by atoms with Crippen LogP contribution in [-0.2, 0) is 0 Å². The van der Waals surface area contributed by atoms with Gasteiger partial charge in [-0.15, -0.1) is 69.6 Å². The third-order valence-electron chi connectivity index (χ3n) is 4.44. The van der Waals surface area contributed by atoms with Crippen LogP contribution in [0.25, 0.3) is 0 Å². The largest absolute Gasteiger partial charge is 0.126 e. The second-order valence-electron chi connectivity index (χ2n) is 4.81. The zero-order valence-electron chi connectivity index (χ0n) is 8.41. The Kier molecular flexibility index (Phi) is 4.15. The van der Waals surface area contributed by atoms with E-state index in [0.717, 1.165) is 6.42 Å². The summed E-state index contributed by atoms with van der Waals surface area (Å²) >= 11 is 37.6. The summed E-state index contributed by atoms with van der Waals surface area (Å²) in [6, 6.07) is 0. The average Bonchev–Trinajstić information content (AvgIpc) is 2.65. The number of rotatable bonds is 3. The van der Waals surface area contributed by atoms with Gasteiger partial charge < -0.3 is 0 Å². The molecule has 0 spiro atoms. The molecule has 0 saturated heterocycles. The molecule has 2 aliphatic carbocycles. The molecule has 94 valence electrons. The topological polar surface area (TPSA) is 0 Å². The summed E-state index contributed by atoms with van der Waals surface area (Å²) in [6.45, 7) is 0. The highest BCUT2D eigenvalue weighted by molar-refractivity contribution is 6.34. The van der Waals surface area contributed by atoms with E-state index < -0.39 is 0 Å². The van der Waals surface area contributed by atoms with Crippen LogP contribution in [0.4, 0.5) is 0 Å². The van der Waals surface area contributed by atoms with Crippen molar-refractivity contribution in [1.29, 1.82) is 0 Å². The fourth-order valence-electron chi connectivity index (χ4n) is 3.48. The highest BCUT2D eigenvalue weighted by atomic mass is 35.5. The van der Waals surface area contributed by atoms with Crippen molar-refractivity contribution in [2.24, 2.45) is 16.7 Å². The van der Waals surface area contributed by atoms with Crippen molar-refractivity contribution in [1.82, 2.24) is 0 Å². The SMILES string of the molecule is ClCC1(CCl)[C@@H]2[C@H](Cl)[C@@H](Cl)[C@@]1(CCl)C[C@H]2Cl. The van der Waals surface area contributed by atoms with Crippen LogP contribution in [0.5, 0.6) is 0 Å². The molecule has 0 radical (unpaired) electrons. The van der Waals surface area contributed by atoms with Gasteiger partial charge in [0.1, 0.15) is 0 Å². The summed E-state index contributed by atoms with van der Waals surface area (Å²) in [5.74, 6) is 1.27. The van der Waals surface area contributed by atoms with Gasteiger partial charge in [-0.3, -0.25) is 0 Å². The lowest BCUT2D eigenvalue weighted by Gasteiger charge is -2.41. The molecule has 0 aromatic heterocycles. The maximum Gasteiger partial charge on any atom is 0.0577 e. The van der Waals surface area contributed by atoms with Crippen LogP contribution >= 0.6 is 69.6 Å². The zero-order valence-corrected chi connectivity index (χ0v) is 12.9. The molecule has 0 unspecified atom stereocenters. The predicted octanol–water partition coefficient (Wildman–Crippen LogP) is 4.53. The molecule has 2 bridgehead atoms. The van der Waals surface area contributed by atoms with Crippen molar-refractivity contribution in [3.8, 4) is 0 Å². The average molecular weight is 345 g/mol. The smallest absolute Gasteiger partial charge is 0.0577 e. The lowest BCUT2D eigenvalue weighted by molar-refractivity contribution is 0.168. The molecule has 0 aromatic rings. The Balaban J connectivity index is 2.52. The Hall–Kier alpha value is 1.74. The van der Waals surface area contributed by atoms with E-state index in [1.165, 1.54) is 0 Å². The Morgan fingerprint density at radius 3 is 1.88 bits per heavy atom. The second kappa shape index (κ2) is 4.69. The lowest BCUT2D eigenvalue weighted by atomic mass is 9.70. The molecule has 2 aliphatic rings. The van der Waals surface area contributed by atoms with E-state index in [4.69, 9.17) is 69.6 Å². The fraction of sp³-hybridized carbons (Fsp3) is 1.00. The summed E-state index contributed by atoms with van der Waals surface area (Å²) in [5.41, 5.74) is -0.660. The molecule has 0 heterocycles. The van der Waals surface area contributed by atoms with Crippen molar-refractivity contribution in [2.75, 3.05) is 17.6 Å². The first-order chi connectivity index (χ1) is 7.50. The molecule has 2 rings (SSSR count). The van der Waals surface area contributed by atoms with E-state index in [9.17, 15) is 0 Å². The molecule has 0 N–H and O–H groups in total. The maximum atomic E-state index is 6.43. The monoisotopic (exact) mass is 342 g/mol. The molecule has 6 heteroatoms. The van der Waals surface area contributed by atoms with Crippen molar-refractivity contribution in [3.05, 3.63) is 0 Å². The predicted molar refractivity (Wildman–Crippen MR) is 74.1 cm³/mol. The van der Waals surface area contributed by atoms with Crippen molar-refractivity contribution in [2.45, 2.75) is 22.6 Å². The summed E-state index contributed by atoms with van der Waals surface area (Å²) in [6.07, 6.45) is 0.750. The standard InChI is InChI=1S/C10H12Cl6/c11-2-9-1-5(14)6(7(15)8(9)16)10(9,3-12)4-13/h5-8H,1-4H2/t5-,6+,7+,8-,9+/m1/s1. The molecule has 0 aliphatic heterocycles. The van der Waals surface area contributed by atoms with E-state index >= 15 is 0 Å². The third-order valence-corrected chi connectivity index (χ3v) is 7.64. The van der Waals surface area contributed by atoms with Gasteiger partial charge in [0, 0.05) is 39.8 Å². The minimum atomic E-state index is -0.330. The van der Waals surface area contributed by atoms with Crippen LogP contribution in [0, 0.1) is 16.7 Å². The normalized spacial score (nSPS) is 49.9. The van der Waals surface area contributed by atoms with Gasteiger partial charge in [-0.2, -0.15) is 0 Å². The van der Waals surface area contributed by atoms with Gasteiger partial charge >= 0.3 is 0 Å². The Morgan fingerprint density at radius 2 is 1.50 bits per heavy atom. The summed E-state index contributed by atoms with van der Waals surface area (Å²) < 4.78 is 0. The molecule has 0 aromatic carbocycles. The maximum absolute atomic E-state index is 6.43. The van der Waals surface area contributed by atoms with Gasteiger partial charge in [-0.05, 0) is 6.42 Å². The number of hydrogen-bond donors (Lipinski definition) is 0. The highest BCUT2D eigenvalue weighted by Gasteiger charge is 2.73.